The van der Waals surface area contributed by atoms with Crippen molar-refractivity contribution in [3.63, 3.8) is 0 Å². The molecule has 1 aromatic carbocycles. The predicted octanol–water partition coefficient (Wildman–Crippen LogP) is 1.62. The number of aliphatic carboxylic acids is 1. The second kappa shape index (κ2) is 5.63. The highest BCUT2D eigenvalue weighted by Gasteiger charge is 2.22. The molecular formula is C12H16N2O2S. The van der Waals surface area contributed by atoms with Crippen LogP contribution < -0.4 is 10.6 Å². The van der Waals surface area contributed by atoms with Crippen LogP contribution in [-0.4, -0.2) is 29.2 Å². The van der Waals surface area contributed by atoms with E-state index in [1.807, 2.05) is 25.1 Å². The molecule has 0 aliphatic rings. The second-order valence-electron chi connectivity index (χ2n) is 3.75. The van der Waals surface area contributed by atoms with Crippen molar-refractivity contribution in [1.29, 1.82) is 0 Å². The summed E-state index contributed by atoms with van der Waals surface area (Å²) in [6.07, 6.45) is 0.511. The quantitative estimate of drug-likeness (QED) is 0.779. The van der Waals surface area contributed by atoms with E-state index < -0.39 is 12.0 Å². The Morgan fingerprint density at radius 1 is 1.53 bits per heavy atom. The average Bonchev–Trinajstić information content (AvgIpc) is 2.29. The number of carboxylic acid groups (broad SMARTS) is 1. The van der Waals surface area contributed by atoms with Gasteiger partial charge >= 0.3 is 5.97 Å². The van der Waals surface area contributed by atoms with E-state index in [-0.39, 0.29) is 4.99 Å². The number of rotatable bonds is 5. The van der Waals surface area contributed by atoms with E-state index >= 15 is 0 Å². The van der Waals surface area contributed by atoms with Crippen LogP contribution in [0.15, 0.2) is 24.3 Å². The number of nitrogens with two attached hydrogens (primary N) is 1. The first-order valence-corrected chi connectivity index (χ1v) is 5.74. The first-order chi connectivity index (χ1) is 7.99. The van der Waals surface area contributed by atoms with Crippen molar-refractivity contribution in [1.82, 2.24) is 0 Å². The van der Waals surface area contributed by atoms with Gasteiger partial charge in [-0.1, -0.05) is 31.3 Å². The third-order valence-corrected chi connectivity index (χ3v) is 2.91. The van der Waals surface area contributed by atoms with Crippen molar-refractivity contribution in [3.8, 4) is 0 Å². The maximum atomic E-state index is 11.1. The Morgan fingerprint density at radius 3 is 2.59 bits per heavy atom. The minimum atomic E-state index is -0.854. The Labute approximate surface area is 106 Å². The van der Waals surface area contributed by atoms with Gasteiger partial charge in [0.25, 0.3) is 0 Å². The molecule has 1 atom stereocenters. The van der Waals surface area contributed by atoms with Crippen LogP contribution in [0, 0.1) is 0 Å². The third-order valence-electron chi connectivity index (χ3n) is 2.69. The number of para-hydroxylation sites is 1. The fourth-order valence-corrected chi connectivity index (χ4v) is 1.94. The van der Waals surface area contributed by atoms with Crippen molar-refractivity contribution < 1.29 is 9.90 Å². The molecule has 3 N–H and O–H groups in total. The highest BCUT2D eigenvalue weighted by molar-refractivity contribution is 7.80. The Bertz CT molecular complexity index is 434. The van der Waals surface area contributed by atoms with E-state index in [4.69, 9.17) is 23.1 Å². The lowest BCUT2D eigenvalue weighted by atomic mass is 10.1. The highest BCUT2D eigenvalue weighted by Crippen LogP contribution is 2.22. The first-order valence-electron chi connectivity index (χ1n) is 5.33. The van der Waals surface area contributed by atoms with Gasteiger partial charge in [-0.15, -0.1) is 0 Å². The summed E-state index contributed by atoms with van der Waals surface area (Å²) in [4.78, 5) is 13.1. The molecule has 5 heteroatoms. The van der Waals surface area contributed by atoms with Crippen LogP contribution >= 0.6 is 12.2 Å². The zero-order chi connectivity index (χ0) is 13.0. The summed E-state index contributed by atoms with van der Waals surface area (Å²) in [5.41, 5.74) is 7.07. The van der Waals surface area contributed by atoms with E-state index in [0.29, 0.717) is 12.0 Å². The molecule has 0 fully saturated rings. The Morgan fingerprint density at radius 2 is 2.12 bits per heavy atom. The highest BCUT2D eigenvalue weighted by atomic mass is 32.1. The van der Waals surface area contributed by atoms with Gasteiger partial charge in [0.2, 0.25) is 0 Å². The maximum absolute atomic E-state index is 11.1. The number of benzene rings is 1. The maximum Gasteiger partial charge on any atom is 0.326 e. The van der Waals surface area contributed by atoms with Crippen molar-refractivity contribution >= 4 is 28.9 Å². The first kappa shape index (κ1) is 13.4. The number of thiocarbonyl (C=S) groups is 1. The van der Waals surface area contributed by atoms with Gasteiger partial charge in [0.05, 0.1) is 0 Å². The van der Waals surface area contributed by atoms with Crippen molar-refractivity contribution in [3.05, 3.63) is 29.8 Å². The summed E-state index contributed by atoms with van der Waals surface area (Å²) in [5.74, 6) is -0.854. The fourth-order valence-electron chi connectivity index (χ4n) is 1.77. The molecule has 4 nitrogen and oxygen atoms in total. The molecular weight excluding hydrogens is 236 g/mol. The number of hydrogen-bond acceptors (Lipinski definition) is 3. The van der Waals surface area contributed by atoms with Gasteiger partial charge in [-0.2, -0.15) is 0 Å². The van der Waals surface area contributed by atoms with Gasteiger partial charge in [-0.25, -0.2) is 4.79 Å². The topological polar surface area (TPSA) is 66.6 Å². The minimum Gasteiger partial charge on any atom is -0.480 e. The Kier molecular flexibility index (Phi) is 4.45. The van der Waals surface area contributed by atoms with Gasteiger partial charge in [0, 0.05) is 18.3 Å². The van der Waals surface area contributed by atoms with Crippen LogP contribution in [0.3, 0.4) is 0 Å². The zero-order valence-electron chi connectivity index (χ0n) is 9.88. The van der Waals surface area contributed by atoms with E-state index in [2.05, 4.69) is 0 Å². The molecule has 1 aromatic rings. The molecule has 0 bridgehead atoms. The lowest BCUT2D eigenvalue weighted by Crippen LogP contribution is -2.39. The van der Waals surface area contributed by atoms with E-state index in [1.165, 1.54) is 0 Å². The molecule has 92 valence electrons. The summed E-state index contributed by atoms with van der Waals surface area (Å²) < 4.78 is 0. The smallest absolute Gasteiger partial charge is 0.326 e. The number of nitrogens with zero attached hydrogens (tertiary/aromatic N) is 1. The van der Waals surface area contributed by atoms with Crippen LogP contribution in [0.25, 0.3) is 0 Å². The lowest BCUT2D eigenvalue weighted by Gasteiger charge is -2.27. The van der Waals surface area contributed by atoms with Gasteiger partial charge in [0.1, 0.15) is 11.0 Å². The molecule has 0 radical (unpaired) electrons. The van der Waals surface area contributed by atoms with Crippen molar-refractivity contribution in [2.24, 2.45) is 5.73 Å². The molecule has 17 heavy (non-hydrogen) atoms. The molecule has 0 aromatic heterocycles. The fraction of sp³-hybridized carbons (Fsp3) is 0.333. The molecule has 0 amide bonds. The number of anilines is 1. The average molecular weight is 252 g/mol. The van der Waals surface area contributed by atoms with Crippen LogP contribution in [-0.2, 0) is 4.79 Å². The van der Waals surface area contributed by atoms with Gasteiger partial charge in [-0.3, -0.25) is 0 Å². The van der Waals surface area contributed by atoms with Crippen molar-refractivity contribution in [2.75, 3.05) is 11.9 Å². The lowest BCUT2D eigenvalue weighted by molar-refractivity contribution is -0.138. The Balaban J connectivity index is 3.15. The van der Waals surface area contributed by atoms with Gasteiger partial charge in [-0.05, 0) is 18.6 Å². The molecule has 0 aliphatic carbocycles. The van der Waals surface area contributed by atoms with Crippen LogP contribution in [0.2, 0.25) is 0 Å². The predicted molar refractivity (Wildman–Crippen MR) is 72.4 cm³/mol. The number of carbonyl (C=O) groups is 1. The van der Waals surface area contributed by atoms with E-state index in [1.54, 1.807) is 18.0 Å². The summed E-state index contributed by atoms with van der Waals surface area (Å²) in [6.45, 7) is 1.83. The SMILES string of the molecule is CCC(C(=O)O)N(C)c1ccccc1C(N)=S. The normalized spacial score (nSPS) is 11.9. The molecule has 0 saturated carbocycles. The molecule has 0 heterocycles. The molecule has 0 spiro atoms. The van der Waals surface area contributed by atoms with Crippen LogP contribution in [0.4, 0.5) is 5.69 Å². The Hall–Kier alpha value is -1.62. The van der Waals surface area contributed by atoms with E-state index in [0.717, 1.165) is 5.69 Å². The zero-order valence-corrected chi connectivity index (χ0v) is 10.7. The molecule has 0 saturated heterocycles. The number of likely N-dealkylation sites (N-methyl/N-ethyl adjacent to an activating group) is 1. The summed E-state index contributed by atoms with van der Waals surface area (Å²) in [6, 6.07) is 6.70. The van der Waals surface area contributed by atoms with Gasteiger partial charge < -0.3 is 15.7 Å². The van der Waals surface area contributed by atoms with Crippen LogP contribution in [0.1, 0.15) is 18.9 Å². The van der Waals surface area contributed by atoms with Gasteiger partial charge in [0.15, 0.2) is 0 Å². The number of hydrogen-bond donors (Lipinski definition) is 2. The summed E-state index contributed by atoms with van der Waals surface area (Å²) >= 11 is 4.96. The second-order valence-corrected chi connectivity index (χ2v) is 4.19. The van der Waals surface area contributed by atoms with Crippen molar-refractivity contribution in [2.45, 2.75) is 19.4 Å². The largest absolute Gasteiger partial charge is 0.480 e. The molecule has 0 aliphatic heterocycles. The summed E-state index contributed by atoms with van der Waals surface area (Å²) in [7, 11) is 1.74. The standard InChI is InChI=1S/C12H16N2O2S/c1-3-9(12(15)16)14(2)10-7-5-4-6-8(10)11(13)17/h4-7,9H,3H2,1-2H3,(H2,13,17)(H,15,16). The monoisotopic (exact) mass is 252 g/mol. The van der Waals surface area contributed by atoms with E-state index in [9.17, 15) is 4.79 Å². The molecule has 1 unspecified atom stereocenters. The summed E-state index contributed by atoms with van der Waals surface area (Å²) in [5, 5.41) is 9.13. The number of carboxylic acids is 1. The van der Waals surface area contributed by atoms with Crippen LogP contribution in [0.5, 0.6) is 0 Å². The third kappa shape index (κ3) is 2.94. The minimum absolute atomic E-state index is 0.271. The molecule has 1 rings (SSSR count).